The van der Waals surface area contributed by atoms with E-state index in [1.54, 1.807) is 4.90 Å². The van der Waals surface area contributed by atoms with Gasteiger partial charge in [-0.1, -0.05) is 18.5 Å². The maximum absolute atomic E-state index is 12.3. The smallest absolute Gasteiger partial charge is 0.260 e. The fourth-order valence-electron chi connectivity index (χ4n) is 2.17. The molecule has 0 aromatic heterocycles. The molecule has 1 aliphatic rings. The fraction of sp³-hybridized carbons (Fsp3) is 0.533. The number of sulfonamides is 1. The van der Waals surface area contributed by atoms with Crippen molar-refractivity contribution in [1.82, 2.24) is 9.62 Å². The van der Waals surface area contributed by atoms with E-state index in [-0.39, 0.29) is 28.2 Å². The van der Waals surface area contributed by atoms with Gasteiger partial charge in [0.25, 0.3) is 5.91 Å². The molecule has 0 saturated carbocycles. The molecule has 1 amide bonds. The molecule has 1 fully saturated rings. The number of nitrogens with one attached hydrogen (secondary N) is 1. The van der Waals surface area contributed by atoms with Gasteiger partial charge in [0.15, 0.2) is 6.61 Å². The number of ether oxygens (including phenoxy) is 2. The third kappa shape index (κ3) is 5.07. The second kappa shape index (κ2) is 8.66. The minimum atomic E-state index is -3.75. The number of morpholine rings is 1. The second-order valence-corrected chi connectivity index (χ2v) is 7.44. The summed E-state index contributed by atoms with van der Waals surface area (Å²) in [6.45, 7) is 3.93. The number of halogens is 1. The number of hydrogen-bond donors (Lipinski definition) is 1. The van der Waals surface area contributed by atoms with Crippen LogP contribution in [0.25, 0.3) is 0 Å². The lowest BCUT2D eigenvalue weighted by atomic mass is 10.3. The average Bonchev–Trinajstić information content (AvgIpc) is 2.59. The van der Waals surface area contributed by atoms with E-state index in [9.17, 15) is 13.2 Å². The van der Waals surface area contributed by atoms with Crippen molar-refractivity contribution in [1.29, 1.82) is 0 Å². The van der Waals surface area contributed by atoms with Crippen LogP contribution in [0.5, 0.6) is 5.75 Å². The maximum Gasteiger partial charge on any atom is 0.260 e. The van der Waals surface area contributed by atoms with Gasteiger partial charge in [-0.3, -0.25) is 4.79 Å². The molecule has 9 heteroatoms. The van der Waals surface area contributed by atoms with E-state index in [1.165, 1.54) is 18.2 Å². The zero-order chi connectivity index (χ0) is 17.6. The Morgan fingerprint density at radius 2 is 2.08 bits per heavy atom. The number of amides is 1. The molecular formula is C15H21ClN2O5S. The highest BCUT2D eigenvalue weighted by molar-refractivity contribution is 7.89. The summed E-state index contributed by atoms with van der Waals surface area (Å²) in [4.78, 5) is 13.7. The zero-order valence-electron chi connectivity index (χ0n) is 13.5. The van der Waals surface area contributed by atoms with Crippen molar-refractivity contribution in [3.63, 3.8) is 0 Å². The van der Waals surface area contributed by atoms with Gasteiger partial charge in [-0.2, -0.15) is 0 Å². The number of benzene rings is 1. The van der Waals surface area contributed by atoms with E-state index in [2.05, 4.69) is 4.72 Å². The molecule has 1 aromatic rings. The molecule has 2 rings (SSSR count). The maximum atomic E-state index is 12.3. The molecule has 0 aliphatic carbocycles. The number of rotatable bonds is 7. The van der Waals surface area contributed by atoms with Crippen LogP contribution in [0.1, 0.15) is 13.3 Å². The van der Waals surface area contributed by atoms with Crippen LogP contribution in [0.4, 0.5) is 0 Å². The van der Waals surface area contributed by atoms with Crippen LogP contribution in [-0.2, 0) is 19.6 Å². The lowest BCUT2D eigenvalue weighted by Crippen LogP contribution is -2.43. The van der Waals surface area contributed by atoms with Gasteiger partial charge >= 0.3 is 0 Å². The van der Waals surface area contributed by atoms with Crippen LogP contribution in [0.15, 0.2) is 23.1 Å². The monoisotopic (exact) mass is 376 g/mol. The normalized spacial score (nSPS) is 15.3. The van der Waals surface area contributed by atoms with E-state index in [0.717, 1.165) is 0 Å². The van der Waals surface area contributed by atoms with E-state index in [0.29, 0.717) is 39.3 Å². The first-order valence-corrected chi connectivity index (χ1v) is 9.57. The first kappa shape index (κ1) is 19.0. The Balaban J connectivity index is 2.10. The van der Waals surface area contributed by atoms with Gasteiger partial charge < -0.3 is 14.4 Å². The molecule has 134 valence electrons. The molecule has 0 spiro atoms. The lowest BCUT2D eigenvalue weighted by molar-refractivity contribution is -0.137. The minimum Gasteiger partial charge on any atom is -0.482 e. The number of carbonyl (C=O) groups is 1. The Labute approximate surface area is 146 Å². The third-order valence-corrected chi connectivity index (χ3v) is 5.17. The quantitative estimate of drug-likeness (QED) is 0.774. The average molecular weight is 377 g/mol. The second-order valence-electron chi connectivity index (χ2n) is 5.27. The highest BCUT2D eigenvalue weighted by atomic mass is 35.5. The highest BCUT2D eigenvalue weighted by Gasteiger charge is 2.22. The molecule has 1 aliphatic heterocycles. The van der Waals surface area contributed by atoms with Crippen molar-refractivity contribution >= 4 is 27.5 Å². The largest absolute Gasteiger partial charge is 0.482 e. The molecule has 1 N–H and O–H groups in total. The van der Waals surface area contributed by atoms with E-state index < -0.39 is 10.0 Å². The molecule has 1 aromatic carbocycles. The standard InChI is InChI=1S/C15H21ClN2O5S/c1-2-5-17-24(20,21)14-10-12(16)3-4-13(14)23-11-15(19)18-6-8-22-9-7-18/h3-4,10,17H,2,5-9,11H2,1H3. The summed E-state index contributed by atoms with van der Waals surface area (Å²) in [5.41, 5.74) is 0. The topological polar surface area (TPSA) is 84.9 Å². The van der Waals surface area contributed by atoms with Crippen LogP contribution < -0.4 is 9.46 Å². The van der Waals surface area contributed by atoms with Gasteiger partial charge in [-0.25, -0.2) is 13.1 Å². The SMILES string of the molecule is CCCNS(=O)(=O)c1cc(Cl)ccc1OCC(=O)N1CCOCC1. The Bertz CT molecular complexity index is 674. The Morgan fingerprint density at radius 3 is 2.75 bits per heavy atom. The molecule has 0 atom stereocenters. The summed E-state index contributed by atoms with van der Waals surface area (Å²) < 4.78 is 37.8. The summed E-state index contributed by atoms with van der Waals surface area (Å²) in [5, 5.41) is 0.277. The Kier molecular flexibility index (Phi) is 6.85. The summed E-state index contributed by atoms with van der Waals surface area (Å²) in [7, 11) is -3.75. The van der Waals surface area contributed by atoms with Crippen LogP contribution >= 0.6 is 11.6 Å². The van der Waals surface area contributed by atoms with Gasteiger partial charge in [0, 0.05) is 24.7 Å². The minimum absolute atomic E-state index is 0.0711. The first-order valence-electron chi connectivity index (χ1n) is 7.71. The Hall–Kier alpha value is -1.35. The summed E-state index contributed by atoms with van der Waals surface area (Å²) in [6, 6.07) is 4.29. The van der Waals surface area contributed by atoms with Crippen LogP contribution in [0.3, 0.4) is 0 Å². The predicted octanol–water partition coefficient (Wildman–Crippen LogP) is 1.27. The van der Waals surface area contributed by atoms with Crippen molar-refractivity contribution in [3.8, 4) is 5.75 Å². The molecule has 24 heavy (non-hydrogen) atoms. The van der Waals surface area contributed by atoms with E-state index in [1.807, 2.05) is 6.92 Å². The number of nitrogens with zero attached hydrogens (tertiary/aromatic N) is 1. The lowest BCUT2D eigenvalue weighted by Gasteiger charge is -2.26. The highest BCUT2D eigenvalue weighted by Crippen LogP contribution is 2.27. The van der Waals surface area contributed by atoms with Crippen molar-refractivity contribution in [2.75, 3.05) is 39.5 Å². The zero-order valence-corrected chi connectivity index (χ0v) is 15.0. The number of hydrogen-bond acceptors (Lipinski definition) is 5. The Morgan fingerprint density at radius 1 is 1.38 bits per heavy atom. The summed E-state index contributed by atoms with van der Waals surface area (Å²) in [5.74, 6) is -0.109. The van der Waals surface area contributed by atoms with E-state index in [4.69, 9.17) is 21.1 Å². The first-order chi connectivity index (χ1) is 11.4. The van der Waals surface area contributed by atoms with Gasteiger partial charge in [-0.05, 0) is 24.6 Å². The van der Waals surface area contributed by atoms with E-state index >= 15 is 0 Å². The molecular weight excluding hydrogens is 356 g/mol. The molecule has 0 radical (unpaired) electrons. The fourth-order valence-corrected chi connectivity index (χ4v) is 3.71. The van der Waals surface area contributed by atoms with Gasteiger partial charge in [0.1, 0.15) is 10.6 Å². The van der Waals surface area contributed by atoms with Gasteiger partial charge in [0.05, 0.1) is 13.2 Å². The summed E-state index contributed by atoms with van der Waals surface area (Å²) >= 11 is 5.90. The van der Waals surface area contributed by atoms with Crippen LogP contribution in [-0.4, -0.2) is 58.7 Å². The third-order valence-electron chi connectivity index (χ3n) is 3.45. The molecule has 0 bridgehead atoms. The number of carbonyl (C=O) groups excluding carboxylic acids is 1. The van der Waals surface area contributed by atoms with Crippen molar-refractivity contribution in [2.24, 2.45) is 0 Å². The van der Waals surface area contributed by atoms with Gasteiger partial charge in [0.2, 0.25) is 10.0 Å². The molecule has 1 saturated heterocycles. The molecule has 1 heterocycles. The van der Waals surface area contributed by atoms with Crippen molar-refractivity contribution in [3.05, 3.63) is 23.2 Å². The molecule has 7 nitrogen and oxygen atoms in total. The summed E-state index contributed by atoms with van der Waals surface area (Å²) in [6.07, 6.45) is 0.658. The van der Waals surface area contributed by atoms with Crippen molar-refractivity contribution < 1.29 is 22.7 Å². The van der Waals surface area contributed by atoms with Crippen LogP contribution in [0.2, 0.25) is 5.02 Å². The van der Waals surface area contributed by atoms with Gasteiger partial charge in [-0.15, -0.1) is 0 Å². The van der Waals surface area contributed by atoms with Crippen molar-refractivity contribution in [2.45, 2.75) is 18.2 Å². The predicted molar refractivity (Wildman–Crippen MR) is 89.8 cm³/mol. The molecule has 0 unspecified atom stereocenters. The van der Waals surface area contributed by atoms with Crippen LogP contribution in [0, 0.1) is 0 Å².